The molecule has 0 aliphatic rings. The van der Waals surface area contributed by atoms with Crippen LogP contribution >= 0.6 is 34.8 Å². The third-order valence-corrected chi connectivity index (χ3v) is 7.45. The van der Waals surface area contributed by atoms with Crippen LogP contribution in [-0.2, 0) is 28.4 Å². The molecule has 0 amide bonds. The molecular weight excluding hydrogens is 773 g/mol. The lowest BCUT2D eigenvalue weighted by molar-refractivity contribution is -0.876. The molecule has 0 aromatic carbocycles. The molecule has 0 aromatic heterocycles. The molecule has 0 bridgehead atoms. The van der Waals surface area contributed by atoms with Crippen LogP contribution < -0.4 is 37.2 Å². The lowest BCUT2D eigenvalue weighted by Gasteiger charge is -2.33. The van der Waals surface area contributed by atoms with Crippen molar-refractivity contribution in [3.8, 4) is 0 Å². The van der Waals surface area contributed by atoms with Gasteiger partial charge < -0.3 is 84.0 Å². The van der Waals surface area contributed by atoms with Crippen LogP contribution in [0.25, 0.3) is 0 Å². The summed E-state index contributed by atoms with van der Waals surface area (Å²) in [5, 5.41) is 0. The van der Waals surface area contributed by atoms with E-state index in [4.69, 9.17) is 63.2 Å². The van der Waals surface area contributed by atoms with Crippen molar-refractivity contribution in [3.05, 3.63) is 0 Å². The zero-order chi connectivity index (χ0) is 37.3. The summed E-state index contributed by atoms with van der Waals surface area (Å²) in [5.74, 6) is 1.25. The summed E-state index contributed by atoms with van der Waals surface area (Å²) < 4.78 is 37.0. The molecule has 0 aliphatic heterocycles. The zero-order valence-corrected chi connectivity index (χ0v) is 39.0. The third-order valence-electron chi connectivity index (χ3n) is 6.42. The molecule has 0 heterocycles. The largest absolute Gasteiger partial charge is 1.00 e. The van der Waals surface area contributed by atoms with Gasteiger partial charge in [-0.3, -0.25) is 0 Å². The average molecular weight is 852 g/mol. The van der Waals surface area contributed by atoms with E-state index in [9.17, 15) is 0 Å². The lowest BCUT2D eigenvalue weighted by Crippen LogP contribution is -3.00. The molecule has 0 saturated heterocycles. The van der Waals surface area contributed by atoms with Crippen molar-refractivity contribution in [2.24, 2.45) is 0 Å². The molecule has 50 heavy (non-hydrogen) atoms. The highest BCUT2D eigenvalue weighted by molar-refractivity contribution is 6.18. The fourth-order valence-corrected chi connectivity index (χ4v) is 4.74. The molecular formula is C34H78Cl6N4O6. The maximum Gasteiger partial charge on any atom is 0.130 e. The molecule has 6 atom stereocenters. The van der Waals surface area contributed by atoms with Crippen molar-refractivity contribution in [2.45, 2.75) is 63.3 Å². The Morgan fingerprint density at radius 1 is 0.440 bits per heavy atom. The first-order valence-corrected chi connectivity index (χ1v) is 18.4. The fourth-order valence-electron chi connectivity index (χ4n) is 4.04. The third kappa shape index (κ3) is 45.5. The van der Waals surface area contributed by atoms with Gasteiger partial charge in [0.05, 0.1) is 120 Å². The number of likely N-dealkylation sites (N-methyl/N-ethyl adjacent to an activating group) is 3. The predicted octanol–water partition coefficient (Wildman–Crippen LogP) is -4.61. The Bertz CT molecular complexity index is 650. The Kier molecular flexibility index (Phi) is 45.6. The second kappa shape index (κ2) is 36.0. The van der Waals surface area contributed by atoms with E-state index in [0.29, 0.717) is 44.1 Å². The highest BCUT2D eigenvalue weighted by Crippen LogP contribution is 2.10. The summed E-state index contributed by atoms with van der Waals surface area (Å²) in [5.41, 5.74) is 0. The molecule has 6 unspecified atom stereocenters. The maximum atomic E-state index is 6.26. The van der Waals surface area contributed by atoms with E-state index < -0.39 is 0 Å². The number of quaternary nitrogens is 3. The van der Waals surface area contributed by atoms with Gasteiger partial charge in [0.2, 0.25) is 0 Å². The molecule has 0 aromatic rings. The first-order valence-electron chi connectivity index (χ1n) is 16.8. The molecule has 0 saturated carbocycles. The van der Waals surface area contributed by atoms with Gasteiger partial charge in [-0.25, -0.2) is 0 Å². The van der Waals surface area contributed by atoms with Crippen molar-refractivity contribution >= 4 is 34.8 Å². The number of hydrogen-bond acceptors (Lipinski definition) is 7. The standard InChI is InChI=1S/C20H48N3O3.C11H21Cl3O3.C3H9N.3ClH/c1-12-18(13-21(2,3)4)25-17-20(15-23(8,9)10)26-16-19(24-11)14-22(5,6)7;1-3-9(4-12)16-8-11(6-14)17-7-10(5-13)15-2;1-4(2)3;;;/h18-20H,12-17H2,1-11H3;9-11H,3-8H2,1-2H3;1-3H3;3*1H/q+3;;;;;/p-3. The van der Waals surface area contributed by atoms with Crippen LogP contribution in [0, 0.1) is 0 Å². The zero-order valence-electron chi connectivity index (χ0n) is 34.5. The van der Waals surface area contributed by atoms with Gasteiger partial charge in [-0.05, 0) is 34.0 Å². The Morgan fingerprint density at radius 2 is 0.700 bits per heavy atom. The van der Waals surface area contributed by atoms with Gasteiger partial charge in [0.1, 0.15) is 37.9 Å². The molecule has 312 valence electrons. The van der Waals surface area contributed by atoms with Gasteiger partial charge in [0.15, 0.2) is 0 Å². The summed E-state index contributed by atoms with van der Waals surface area (Å²) >= 11 is 17.2. The molecule has 0 rings (SSSR count). The first kappa shape index (κ1) is 63.3. The van der Waals surface area contributed by atoms with Gasteiger partial charge >= 0.3 is 0 Å². The van der Waals surface area contributed by atoms with Crippen molar-refractivity contribution < 1.29 is 79.1 Å². The fraction of sp³-hybridized carbons (Fsp3) is 1.00. The minimum atomic E-state index is -0.158. The molecule has 0 aliphatic carbocycles. The van der Waals surface area contributed by atoms with Crippen LogP contribution in [0.3, 0.4) is 0 Å². The number of alkyl halides is 3. The van der Waals surface area contributed by atoms with E-state index in [1.54, 1.807) is 14.2 Å². The van der Waals surface area contributed by atoms with E-state index in [1.807, 2.05) is 33.0 Å². The second-order valence-electron chi connectivity index (χ2n) is 15.6. The average Bonchev–Trinajstić information content (AvgIpc) is 2.94. The number of rotatable bonds is 25. The first-order chi connectivity index (χ1) is 21.6. The van der Waals surface area contributed by atoms with Gasteiger partial charge in [-0.1, -0.05) is 13.8 Å². The van der Waals surface area contributed by atoms with E-state index in [2.05, 4.69) is 70.4 Å². The maximum absolute atomic E-state index is 6.26. The highest BCUT2D eigenvalue weighted by atomic mass is 35.5. The van der Waals surface area contributed by atoms with E-state index >= 15 is 0 Å². The Hall–Kier alpha value is 1.34. The van der Waals surface area contributed by atoms with E-state index in [-0.39, 0.29) is 73.8 Å². The monoisotopic (exact) mass is 848 g/mol. The Labute approximate surface area is 343 Å². The number of hydrogen-bond donors (Lipinski definition) is 0. The van der Waals surface area contributed by atoms with Crippen molar-refractivity contribution in [3.63, 3.8) is 0 Å². The van der Waals surface area contributed by atoms with Gasteiger partial charge in [-0.2, -0.15) is 0 Å². The molecule has 0 radical (unpaired) electrons. The van der Waals surface area contributed by atoms with Crippen LogP contribution in [0.4, 0.5) is 0 Å². The van der Waals surface area contributed by atoms with Gasteiger partial charge in [0, 0.05) is 20.1 Å². The normalized spacial score (nSPS) is 15.4. The summed E-state index contributed by atoms with van der Waals surface area (Å²) in [4.78, 5) is 2.00. The summed E-state index contributed by atoms with van der Waals surface area (Å²) in [7, 11) is 29.1. The number of methoxy groups -OCH3 is 2. The highest BCUT2D eigenvalue weighted by Gasteiger charge is 2.26. The van der Waals surface area contributed by atoms with Crippen LogP contribution in [0.5, 0.6) is 0 Å². The van der Waals surface area contributed by atoms with Crippen LogP contribution in [0.15, 0.2) is 0 Å². The Morgan fingerprint density at radius 3 is 1.04 bits per heavy atom. The van der Waals surface area contributed by atoms with Crippen molar-refractivity contribution in [2.75, 3.05) is 162 Å². The minimum absolute atomic E-state index is 0. The second-order valence-corrected chi connectivity index (χ2v) is 16.5. The smallest absolute Gasteiger partial charge is 0.130 e. The number of ether oxygens (including phenoxy) is 6. The van der Waals surface area contributed by atoms with Crippen molar-refractivity contribution in [1.29, 1.82) is 0 Å². The lowest BCUT2D eigenvalue weighted by atomic mass is 10.2. The predicted molar refractivity (Wildman–Crippen MR) is 202 cm³/mol. The van der Waals surface area contributed by atoms with E-state index in [1.165, 1.54) is 0 Å². The number of halogens is 6. The van der Waals surface area contributed by atoms with Crippen LogP contribution in [0.1, 0.15) is 26.7 Å². The topological polar surface area (TPSA) is 58.6 Å². The summed E-state index contributed by atoms with van der Waals surface area (Å²) in [6, 6.07) is 0. The molecule has 16 heteroatoms. The Balaban J connectivity index is -0.000000175. The molecule has 0 spiro atoms. The minimum Gasteiger partial charge on any atom is -1.00 e. The SMILES string of the molecule is CCC(CCl)OCC(CCl)OCC(CCl)OC.CCC(C[N+](C)(C)C)OCC(C[N+](C)(C)C)OCC(C[N+](C)(C)C)OC.CN(C)C.[Cl-].[Cl-].[Cl-]. The van der Waals surface area contributed by atoms with E-state index in [0.717, 1.165) is 45.9 Å². The molecule has 0 fully saturated rings. The summed E-state index contributed by atoms with van der Waals surface area (Å²) in [6.45, 7) is 9.16. The summed E-state index contributed by atoms with van der Waals surface area (Å²) in [6.07, 6.45) is 2.11. The van der Waals surface area contributed by atoms with Gasteiger partial charge in [-0.15, -0.1) is 34.8 Å². The number of nitrogens with zero attached hydrogens (tertiary/aromatic N) is 4. The molecule has 0 N–H and O–H groups in total. The van der Waals surface area contributed by atoms with Gasteiger partial charge in [0.25, 0.3) is 0 Å². The molecule has 10 nitrogen and oxygen atoms in total. The quantitative estimate of drug-likeness (QED) is 0.0679. The van der Waals surface area contributed by atoms with Crippen LogP contribution in [0.2, 0.25) is 0 Å². The van der Waals surface area contributed by atoms with Crippen molar-refractivity contribution in [1.82, 2.24) is 4.90 Å². The van der Waals surface area contributed by atoms with Crippen LogP contribution in [-0.4, -0.2) is 217 Å².